The number of hydrogen-bond donors (Lipinski definition) is 0. The van der Waals surface area contributed by atoms with Gasteiger partial charge in [-0.3, -0.25) is 9.48 Å². The van der Waals surface area contributed by atoms with Gasteiger partial charge in [0, 0.05) is 42.8 Å². The molecule has 3 aromatic rings. The van der Waals surface area contributed by atoms with Gasteiger partial charge in [-0.25, -0.2) is 14.6 Å². The zero-order valence-corrected chi connectivity index (χ0v) is 14.9. The molecule has 0 saturated carbocycles. The molecule has 0 spiro atoms. The molecule has 0 aromatic carbocycles. The van der Waals surface area contributed by atoms with Crippen molar-refractivity contribution < 1.29 is 13.5 Å². The highest BCUT2D eigenvalue weighted by molar-refractivity contribution is 7.18. The average molecular weight is 380 g/mol. The van der Waals surface area contributed by atoms with Gasteiger partial charge >= 0.3 is 6.01 Å². The van der Waals surface area contributed by atoms with E-state index in [9.17, 15) is 13.6 Å². The van der Waals surface area contributed by atoms with Gasteiger partial charge in [0.15, 0.2) is 6.61 Å². The van der Waals surface area contributed by atoms with Crippen molar-refractivity contribution in [1.29, 1.82) is 0 Å². The minimum absolute atomic E-state index is 0.167. The molecule has 3 rings (SSSR count). The second kappa shape index (κ2) is 7.25. The van der Waals surface area contributed by atoms with Crippen LogP contribution in [-0.4, -0.2) is 41.8 Å². The molecule has 0 saturated heterocycles. The van der Waals surface area contributed by atoms with E-state index in [-0.39, 0.29) is 18.1 Å². The Kier molecular flexibility index (Phi) is 5.03. The van der Waals surface area contributed by atoms with Gasteiger partial charge in [0.05, 0.1) is 18.4 Å². The molecule has 0 bridgehead atoms. The van der Waals surface area contributed by atoms with Crippen molar-refractivity contribution in [3.05, 3.63) is 52.8 Å². The molecule has 8 nitrogen and oxygen atoms in total. The Morgan fingerprint density at radius 2 is 1.96 bits per heavy atom. The summed E-state index contributed by atoms with van der Waals surface area (Å²) in [5, 5.41) is 8.34. The summed E-state index contributed by atoms with van der Waals surface area (Å²) in [5.74, 6) is 0. The molecule has 0 aliphatic carbocycles. The summed E-state index contributed by atoms with van der Waals surface area (Å²) in [5.41, 5.74) is -1.49. The maximum Gasteiger partial charge on any atom is 0.316 e. The molecule has 136 valence electrons. The number of aromatic nitrogens is 6. The van der Waals surface area contributed by atoms with Gasteiger partial charge in [-0.2, -0.15) is 19.0 Å². The monoisotopic (exact) mass is 380 g/mol. The summed E-state index contributed by atoms with van der Waals surface area (Å²) in [4.78, 5) is 19.8. The van der Waals surface area contributed by atoms with Gasteiger partial charge in [-0.15, -0.1) is 0 Å². The van der Waals surface area contributed by atoms with Gasteiger partial charge in [-0.1, -0.05) is 9.24 Å². The minimum Gasteiger partial charge on any atom is -0.457 e. The Balaban J connectivity index is 1.78. The third-order valence-corrected chi connectivity index (χ3v) is 3.44. The maximum absolute atomic E-state index is 12.7. The summed E-state index contributed by atoms with van der Waals surface area (Å²) in [6.07, 6.45) is 6.23. The molecule has 3 aromatic heterocycles. The first-order valence-corrected chi connectivity index (χ1v) is 8.05. The first-order valence-electron chi connectivity index (χ1n) is 7.48. The third kappa shape index (κ3) is 4.66. The zero-order valence-electron chi connectivity index (χ0n) is 13.7. The van der Waals surface area contributed by atoms with Gasteiger partial charge in [0.2, 0.25) is 0 Å². The molecular formula is C15H15F2N6O2P. The van der Waals surface area contributed by atoms with Gasteiger partial charge in [-0.05, 0) is 6.07 Å². The number of rotatable bonds is 6. The number of alkyl halides is 2. The Morgan fingerprint density at radius 3 is 2.58 bits per heavy atom. The molecule has 26 heavy (non-hydrogen) atoms. The molecule has 1 atom stereocenters. The largest absolute Gasteiger partial charge is 0.457 e. The maximum atomic E-state index is 12.7. The second-order valence-electron chi connectivity index (χ2n) is 5.54. The SMILES string of the molecule is Cn1cc(Cn2nc(-c3cnc(OCC(F)(F)P)nc3)ccc2=O)cn1. The van der Waals surface area contributed by atoms with Crippen molar-refractivity contribution in [3.63, 3.8) is 0 Å². The van der Waals surface area contributed by atoms with Crippen LogP contribution in [0, 0.1) is 0 Å². The van der Waals surface area contributed by atoms with Gasteiger partial charge in [0.1, 0.15) is 0 Å². The lowest BCUT2D eigenvalue weighted by atomic mass is 10.2. The number of halogens is 2. The second-order valence-corrected chi connectivity index (χ2v) is 6.39. The number of nitrogens with zero attached hydrogens (tertiary/aromatic N) is 6. The van der Waals surface area contributed by atoms with E-state index < -0.39 is 12.3 Å². The predicted molar refractivity (Wildman–Crippen MR) is 92.0 cm³/mol. The van der Waals surface area contributed by atoms with E-state index in [4.69, 9.17) is 4.74 Å². The standard InChI is InChI=1S/C15H15F2N6O2P/c1-22-7-10(4-20-22)8-23-13(24)3-2-12(21-23)11-5-18-14(19-6-11)25-9-15(16,17)26/h2-7H,8-9,26H2,1H3. The fourth-order valence-corrected chi connectivity index (χ4v) is 2.21. The van der Waals surface area contributed by atoms with Crippen molar-refractivity contribution >= 4 is 9.24 Å². The molecule has 11 heteroatoms. The Hall–Kier alpha value is -2.74. The van der Waals surface area contributed by atoms with Crippen LogP contribution in [-0.2, 0) is 13.6 Å². The average Bonchev–Trinajstić information content (AvgIpc) is 3.00. The van der Waals surface area contributed by atoms with Crippen LogP contribution in [0.15, 0.2) is 41.7 Å². The first kappa shape index (κ1) is 18.1. The molecule has 0 amide bonds. The van der Waals surface area contributed by atoms with Crippen LogP contribution in [0.4, 0.5) is 8.78 Å². The molecule has 0 N–H and O–H groups in total. The molecule has 0 radical (unpaired) electrons. The summed E-state index contributed by atoms with van der Waals surface area (Å²) in [6, 6.07) is 2.76. The first-order chi connectivity index (χ1) is 12.3. The highest BCUT2D eigenvalue weighted by atomic mass is 31.0. The molecule has 0 aliphatic heterocycles. The van der Waals surface area contributed by atoms with Gasteiger partial charge in [0.25, 0.3) is 11.2 Å². The molecule has 0 aliphatic rings. The highest BCUT2D eigenvalue weighted by Crippen LogP contribution is 2.22. The van der Waals surface area contributed by atoms with Crippen LogP contribution in [0.1, 0.15) is 5.56 Å². The number of ether oxygens (including phenoxy) is 1. The van der Waals surface area contributed by atoms with Crippen molar-refractivity contribution in [1.82, 2.24) is 29.5 Å². The van der Waals surface area contributed by atoms with E-state index in [1.807, 2.05) is 0 Å². The zero-order chi connectivity index (χ0) is 18.7. The lowest BCUT2D eigenvalue weighted by molar-refractivity contribution is 0.0422. The van der Waals surface area contributed by atoms with Gasteiger partial charge < -0.3 is 4.74 Å². The molecular weight excluding hydrogens is 365 g/mol. The van der Waals surface area contributed by atoms with Crippen LogP contribution in [0.5, 0.6) is 6.01 Å². The molecule has 3 heterocycles. The highest BCUT2D eigenvalue weighted by Gasteiger charge is 2.22. The Bertz CT molecular complexity index is 952. The molecule has 0 fully saturated rings. The summed E-state index contributed by atoms with van der Waals surface area (Å²) in [6.45, 7) is -0.572. The summed E-state index contributed by atoms with van der Waals surface area (Å²) >= 11 is 0. The van der Waals surface area contributed by atoms with Crippen molar-refractivity contribution in [2.75, 3.05) is 6.61 Å². The molecule has 1 unspecified atom stereocenters. The quantitative estimate of drug-likeness (QED) is 0.600. The topological polar surface area (TPSA) is 87.7 Å². The van der Waals surface area contributed by atoms with E-state index in [0.29, 0.717) is 11.3 Å². The normalized spacial score (nSPS) is 11.5. The lowest BCUT2D eigenvalue weighted by Crippen LogP contribution is -2.22. The smallest absolute Gasteiger partial charge is 0.316 e. The van der Waals surface area contributed by atoms with Crippen LogP contribution in [0.2, 0.25) is 0 Å². The van der Waals surface area contributed by atoms with Crippen LogP contribution in [0.25, 0.3) is 11.3 Å². The van der Waals surface area contributed by atoms with Crippen molar-refractivity contribution in [3.8, 4) is 17.3 Å². The van der Waals surface area contributed by atoms with Crippen LogP contribution in [0.3, 0.4) is 0 Å². The van der Waals surface area contributed by atoms with E-state index in [1.54, 1.807) is 24.1 Å². The van der Waals surface area contributed by atoms with Crippen molar-refractivity contribution in [2.24, 2.45) is 7.05 Å². The third-order valence-electron chi connectivity index (χ3n) is 3.27. The minimum atomic E-state index is -3.05. The van der Waals surface area contributed by atoms with E-state index in [2.05, 4.69) is 20.2 Å². The van der Waals surface area contributed by atoms with Crippen molar-refractivity contribution in [2.45, 2.75) is 12.2 Å². The Morgan fingerprint density at radius 1 is 1.23 bits per heavy atom. The van der Waals surface area contributed by atoms with E-state index in [0.717, 1.165) is 5.56 Å². The van der Waals surface area contributed by atoms with Crippen LogP contribution < -0.4 is 10.3 Å². The fraction of sp³-hybridized carbons (Fsp3) is 0.267. The predicted octanol–water partition coefficient (Wildman–Crippen LogP) is 1.33. The number of hydrogen-bond acceptors (Lipinski definition) is 6. The van der Waals surface area contributed by atoms with E-state index in [1.165, 1.54) is 38.4 Å². The summed E-state index contributed by atoms with van der Waals surface area (Å²) < 4.78 is 33.2. The summed E-state index contributed by atoms with van der Waals surface area (Å²) in [7, 11) is 3.16. The Labute approximate surface area is 149 Å². The van der Waals surface area contributed by atoms with Crippen LogP contribution >= 0.6 is 9.24 Å². The van der Waals surface area contributed by atoms with E-state index >= 15 is 0 Å². The number of aryl methyl sites for hydroxylation is 1. The lowest BCUT2D eigenvalue weighted by Gasteiger charge is -2.10. The fourth-order valence-electron chi connectivity index (χ4n) is 2.13.